The number of thioether (sulfide) groups is 1. The normalized spacial score (nSPS) is 20.9. The Kier molecular flexibility index (Phi) is 3.29. The molecule has 1 aliphatic heterocycles. The van der Waals surface area contributed by atoms with Gasteiger partial charge in [0, 0.05) is 22.7 Å². The van der Waals surface area contributed by atoms with Crippen LogP contribution in [-0.4, -0.2) is 17.8 Å². The van der Waals surface area contributed by atoms with Crippen LogP contribution in [0.3, 0.4) is 0 Å². The summed E-state index contributed by atoms with van der Waals surface area (Å²) in [7, 11) is 0. The minimum absolute atomic E-state index is 0.636. The Morgan fingerprint density at radius 3 is 2.20 bits per heavy atom. The molecule has 4 rings (SSSR count). The van der Waals surface area contributed by atoms with Crippen molar-refractivity contribution in [3.63, 3.8) is 0 Å². The van der Waals surface area contributed by atoms with Gasteiger partial charge in [0.15, 0.2) is 0 Å². The van der Waals surface area contributed by atoms with Crippen LogP contribution in [-0.2, 0) is 19.3 Å². The average Bonchev–Trinajstić information content (AvgIpc) is 3.07. The maximum absolute atomic E-state index is 3.78. The Labute approximate surface area is 124 Å². The first-order valence-electron chi connectivity index (χ1n) is 7.43. The lowest BCUT2D eigenvalue weighted by Crippen LogP contribution is -2.34. The molecule has 1 atom stereocenters. The van der Waals surface area contributed by atoms with E-state index >= 15 is 0 Å². The first-order valence-corrected chi connectivity index (χ1v) is 8.31. The first kappa shape index (κ1) is 12.5. The highest BCUT2D eigenvalue weighted by Gasteiger charge is 2.25. The van der Waals surface area contributed by atoms with E-state index in [-0.39, 0.29) is 0 Å². The van der Waals surface area contributed by atoms with Crippen molar-refractivity contribution in [1.82, 2.24) is 5.32 Å². The second-order valence-electron chi connectivity index (χ2n) is 5.83. The second kappa shape index (κ2) is 5.27. The van der Waals surface area contributed by atoms with Gasteiger partial charge in [0.25, 0.3) is 0 Å². The molecule has 0 radical (unpaired) electrons. The van der Waals surface area contributed by atoms with Crippen molar-refractivity contribution in [3.05, 3.63) is 65.2 Å². The van der Waals surface area contributed by atoms with Gasteiger partial charge < -0.3 is 5.32 Å². The topological polar surface area (TPSA) is 12.0 Å². The van der Waals surface area contributed by atoms with Crippen molar-refractivity contribution in [1.29, 1.82) is 0 Å². The fourth-order valence-corrected chi connectivity index (χ4v) is 4.63. The summed E-state index contributed by atoms with van der Waals surface area (Å²) in [5.41, 5.74) is 4.60. The van der Waals surface area contributed by atoms with E-state index in [0.29, 0.717) is 11.3 Å². The number of nitrogens with one attached hydrogen (secondary N) is 1. The molecule has 2 aromatic carbocycles. The highest BCUT2D eigenvalue weighted by Crippen LogP contribution is 2.36. The highest BCUT2D eigenvalue weighted by molar-refractivity contribution is 8.00. The summed E-state index contributed by atoms with van der Waals surface area (Å²) in [6.07, 6.45) is 3.61. The van der Waals surface area contributed by atoms with Crippen LogP contribution in [0.1, 0.15) is 16.7 Å². The van der Waals surface area contributed by atoms with Gasteiger partial charge in [0.2, 0.25) is 0 Å². The minimum atomic E-state index is 0.636. The predicted octanol–water partition coefficient (Wildman–Crippen LogP) is 3.46. The third kappa shape index (κ3) is 2.38. The van der Waals surface area contributed by atoms with E-state index in [9.17, 15) is 0 Å². The van der Waals surface area contributed by atoms with Gasteiger partial charge in [0.05, 0.1) is 0 Å². The quantitative estimate of drug-likeness (QED) is 0.924. The molecule has 0 bridgehead atoms. The van der Waals surface area contributed by atoms with Crippen molar-refractivity contribution in [2.24, 2.45) is 0 Å². The van der Waals surface area contributed by atoms with Crippen molar-refractivity contribution in [3.8, 4) is 0 Å². The molecule has 2 aromatic rings. The zero-order valence-corrected chi connectivity index (χ0v) is 12.3. The Balaban J connectivity index is 1.33. The number of benzene rings is 2. The molecule has 0 saturated heterocycles. The molecule has 0 amide bonds. The minimum Gasteiger partial charge on any atom is -0.312 e. The third-order valence-electron chi connectivity index (χ3n) is 4.40. The number of hydrogen-bond donors (Lipinski definition) is 1. The number of rotatable bonds is 3. The molecule has 1 unspecified atom stereocenters. The summed E-state index contributed by atoms with van der Waals surface area (Å²) in [5.74, 6) is 0. The van der Waals surface area contributed by atoms with E-state index in [0.717, 1.165) is 6.54 Å². The maximum Gasteiger partial charge on any atom is 0.0260 e. The maximum atomic E-state index is 3.78. The van der Waals surface area contributed by atoms with Gasteiger partial charge in [-0.15, -0.1) is 11.8 Å². The molecular weight excluding hydrogens is 262 g/mol. The molecule has 1 aliphatic carbocycles. The van der Waals surface area contributed by atoms with Gasteiger partial charge in [-0.25, -0.2) is 0 Å². The summed E-state index contributed by atoms with van der Waals surface area (Å²) < 4.78 is 0. The van der Waals surface area contributed by atoms with Gasteiger partial charge in [-0.3, -0.25) is 0 Å². The van der Waals surface area contributed by atoms with E-state index < -0.39 is 0 Å². The molecule has 20 heavy (non-hydrogen) atoms. The summed E-state index contributed by atoms with van der Waals surface area (Å²) in [6, 6.07) is 18.3. The molecule has 0 saturated carbocycles. The largest absolute Gasteiger partial charge is 0.312 e. The zero-order valence-electron chi connectivity index (χ0n) is 11.5. The lowest BCUT2D eigenvalue weighted by Gasteiger charge is -2.15. The SMILES string of the molecule is c1ccc2c(c1)CC(NCC1Cc3ccccc3S1)C2. The Bertz CT molecular complexity index is 517. The molecule has 0 aromatic heterocycles. The van der Waals surface area contributed by atoms with E-state index in [1.807, 2.05) is 11.8 Å². The van der Waals surface area contributed by atoms with Gasteiger partial charge in [0.1, 0.15) is 0 Å². The molecule has 2 heteroatoms. The van der Waals surface area contributed by atoms with Crippen molar-refractivity contribution in [2.75, 3.05) is 6.54 Å². The van der Waals surface area contributed by atoms with Gasteiger partial charge in [-0.2, -0.15) is 0 Å². The first-order chi connectivity index (χ1) is 9.88. The van der Waals surface area contributed by atoms with Crippen LogP contribution >= 0.6 is 11.8 Å². The second-order valence-corrected chi connectivity index (χ2v) is 7.18. The van der Waals surface area contributed by atoms with Gasteiger partial charge >= 0.3 is 0 Å². The molecule has 102 valence electrons. The number of fused-ring (bicyclic) bond motifs is 2. The van der Waals surface area contributed by atoms with Crippen molar-refractivity contribution >= 4 is 11.8 Å². The highest BCUT2D eigenvalue weighted by atomic mass is 32.2. The zero-order chi connectivity index (χ0) is 13.4. The van der Waals surface area contributed by atoms with E-state index in [4.69, 9.17) is 0 Å². The summed E-state index contributed by atoms with van der Waals surface area (Å²) in [4.78, 5) is 1.48. The van der Waals surface area contributed by atoms with E-state index in [1.165, 1.54) is 40.8 Å². The molecule has 1 nitrogen and oxygen atoms in total. The van der Waals surface area contributed by atoms with Crippen LogP contribution in [0.25, 0.3) is 0 Å². The Morgan fingerprint density at radius 2 is 1.50 bits per heavy atom. The van der Waals surface area contributed by atoms with Gasteiger partial charge in [-0.05, 0) is 42.0 Å². The van der Waals surface area contributed by atoms with Crippen LogP contribution < -0.4 is 5.32 Å². The molecule has 1 heterocycles. The monoisotopic (exact) mass is 281 g/mol. The molecule has 0 spiro atoms. The lowest BCUT2D eigenvalue weighted by atomic mass is 10.1. The van der Waals surface area contributed by atoms with Crippen molar-refractivity contribution < 1.29 is 0 Å². The van der Waals surface area contributed by atoms with Crippen molar-refractivity contribution in [2.45, 2.75) is 35.4 Å². The third-order valence-corrected chi connectivity index (χ3v) is 5.72. The van der Waals surface area contributed by atoms with Crippen LogP contribution in [0.4, 0.5) is 0 Å². The molecule has 1 N–H and O–H groups in total. The summed E-state index contributed by atoms with van der Waals surface area (Å²) in [6.45, 7) is 1.12. The van der Waals surface area contributed by atoms with E-state index in [1.54, 1.807) is 0 Å². The summed E-state index contributed by atoms with van der Waals surface area (Å²) >= 11 is 2.04. The number of hydrogen-bond acceptors (Lipinski definition) is 2. The van der Waals surface area contributed by atoms with Crippen LogP contribution in [0.5, 0.6) is 0 Å². The van der Waals surface area contributed by atoms with Crippen LogP contribution in [0.2, 0.25) is 0 Å². The standard InChI is InChI=1S/C18H19NS/c1-2-6-14-10-16(9-13(14)5-1)19-12-17-11-15-7-3-4-8-18(15)20-17/h1-8,16-17,19H,9-12H2. The Hall–Kier alpha value is -1.25. The van der Waals surface area contributed by atoms with Gasteiger partial charge in [-0.1, -0.05) is 42.5 Å². The summed E-state index contributed by atoms with van der Waals surface area (Å²) in [5, 5.41) is 4.49. The fraction of sp³-hybridized carbons (Fsp3) is 0.333. The molecule has 0 fully saturated rings. The smallest absolute Gasteiger partial charge is 0.0260 e. The Morgan fingerprint density at radius 1 is 0.850 bits per heavy atom. The molecular formula is C18H19NS. The lowest BCUT2D eigenvalue weighted by molar-refractivity contribution is 0.529. The predicted molar refractivity (Wildman–Crippen MR) is 85.4 cm³/mol. The fourth-order valence-electron chi connectivity index (χ4n) is 3.37. The van der Waals surface area contributed by atoms with Crippen LogP contribution in [0, 0.1) is 0 Å². The molecule has 2 aliphatic rings. The van der Waals surface area contributed by atoms with E-state index in [2.05, 4.69) is 53.8 Å². The average molecular weight is 281 g/mol. The van der Waals surface area contributed by atoms with Crippen LogP contribution in [0.15, 0.2) is 53.4 Å².